The summed E-state index contributed by atoms with van der Waals surface area (Å²) in [5, 5.41) is 0. The molecule has 272 valence electrons. The van der Waals surface area contributed by atoms with E-state index in [1.807, 2.05) is 18.2 Å². The van der Waals surface area contributed by atoms with Crippen molar-refractivity contribution in [2.45, 2.75) is 0 Å². The van der Waals surface area contributed by atoms with E-state index in [1.54, 1.807) is 0 Å². The summed E-state index contributed by atoms with van der Waals surface area (Å²) in [7, 11) is 0. The molecule has 0 aliphatic heterocycles. The van der Waals surface area contributed by atoms with Crippen LogP contribution in [0.15, 0.2) is 243 Å². The second kappa shape index (κ2) is 16.2. The van der Waals surface area contributed by atoms with Crippen LogP contribution in [0.4, 0.5) is 21.5 Å². The fraction of sp³-hybridized carbons (Fsp3) is 0. The average Bonchev–Trinajstić information content (AvgIpc) is 3.30. The summed E-state index contributed by atoms with van der Waals surface area (Å²) in [5.74, 6) is -0.255. The summed E-state index contributed by atoms with van der Waals surface area (Å²) in [6.07, 6.45) is 0. The summed E-state index contributed by atoms with van der Waals surface area (Å²) >= 11 is -3.31. The van der Waals surface area contributed by atoms with Gasteiger partial charge in [0.15, 0.2) is 0 Å². The van der Waals surface area contributed by atoms with Crippen molar-refractivity contribution < 1.29 is 4.39 Å². The number of hydrogen-bond acceptors (Lipinski definition) is 1. The monoisotopic (exact) mass is 795 g/mol. The molecule has 0 saturated heterocycles. The van der Waals surface area contributed by atoms with Crippen molar-refractivity contribution in [2.75, 3.05) is 4.90 Å². The van der Waals surface area contributed by atoms with Gasteiger partial charge in [-0.25, -0.2) is 4.39 Å². The number of benzene rings is 9. The van der Waals surface area contributed by atoms with Crippen LogP contribution in [-0.2, 0) is 0 Å². The molecule has 0 fully saturated rings. The Hall–Kier alpha value is -6.75. The Labute approximate surface area is 337 Å². The molecule has 0 spiro atoms. The molecule has 0 heterocycles. The number of halogens is 1. The number of nitrogens with zero attached hydrogens (tertiary/aromatic N) is 1. The van der Waals surface area contributed by atoms with Crippen LogP contribution in [-0.4, -0.2) is 13.3 Å². The summed E-state index contributed by atoms with van der Waals surface area (Å²) in [4.78, 5) is 2.16. The summed E-state index contributed by atoms with van der Waals surface area (Å²) < 4.78 is 19.7. The van der Waals surface area contributed by atoms with Crippen LogP contribution < -0.4 is 22.5 Å². The van der Waals surface area contributed by atoms with Gasteiger partial charge in [-0.15, -0.1) is 0 Å². The first-order valence-electron chi connectivity index (χ1n) is 19.4. The molecule has 0 atom stereocenters. The van der Waals surface area contributed by atoms with Gasteiger partial charge in [0.1, 0.15) is 5.82 Å². The molecular weight excluding hydrogens is 754 g/mol. The molecule has 0 saturated carbocycles. The normalized spacial score (nSPS) is 11.2. The Kier molecular flexibility index (Phi) is 10.2. The minimum absolute atomic E-state index is 0.255. The van der Waals surface area contributed by atoms with Gasteiger partial charge in [-0.2, -0.15) is 0 Å². The van der Waals surface area contributed by atoms with Crippen molar-refractivity contribution in [3.05, 3.63) is 248 Å². The first-order chi connectivity index (χ1) is 28.2. The van der Waals surface area contributed by atoms with Crippen molar-refractivity contribution in [3.8, 4) is 33.4 Å². The summed E-state index contributed by atoms with van der Waals surface area (Å²) in [6.45, 7) is 0. The van der Waals surface area contributed by atoms with Gasteiger partial charge in [-0.1, -0.05) is 42.5 Å². The molecule has 57 heavy (non-hydrogen) atoms. The molecule has 0 N–H and O–H groups in total. The Bertz CT molecular complexity index is 2570. The third-order valence-corrected chi connectivity index (χ3v) is 21.0. The van der Waals surface area contributed by atoms with Crippen LogP contribution in [0, 0.1) is 5.82 Å². The molecule has 0 bridgehead atoms. The van der Waals surface area contributed by atoms with Crippen LogP contribution in [0.3, 0.4) is 0 Å². The zero-order valence-electron chi connectivity index (χ0n) is 31.4. The van der Waals surface area contributed by atoms with E-state index in [-0.39, 0.29) is 5.82 Å². The summed E-state index contributed by atoms with van der Waals surface area (Å²) in [5.41, 5.74) is 9.86. The largest absolute Gasteiger partial charge is 0.0351 e. The Morgan fingerprint density at radius 3 is 0.842 bits per heavy atom. The van der Waals surface area contributed by atoms with Gasteiger partial charge in [0, 0.05) is 11.4 Å². The number of hydrogen-bond donors (Lipinski definition) is 0. The second-order valence-electron chi connectivity index (χ2n) is 14.3. The van der Waals surface area contributed by atoms with E-state index in [9.17, 15) is 4.39 Å². The molecular formula is C54H40FGeN. The van der Waals surface area contributed by atoms with E-state index in [2.05, 4.69) is 217 Å². The fourth-order valence-corrected chi connectivity index (χ4v) is 18.1. The SMILES string of the molecule is Fc1ccc(N(c2ccc(-c3ccccc3)cc2)c2ccc(-c3ccc(-c4cc[c]([Ge]([c]5ccccc5)([c]5ccccc5)[c]5ccccc5)cc4)cc3)cc2)cc1. The van der Waals surface area contributed by atoms with Crippen LogP contribution in [0.5, 0.6) is 0 Å². The number of anilines is 3. The minimum atomic E-state index is -3.31. The smallest absolute Gasteiger partial charge is 0.0242 e. The maximum absolute atomic E-state index is 14.0. The van der Waals surface area contributed by atoms with Gasteiger partial charge in [0.2, 0.25) is 0 Å². The minimum Gasteiger partial charge on any atom is -0.0351 e. The van der Waals surface area contributed by atoms with Crippen molar-refractivity contribution >= 4 is 47.9 Å². The van der Waals surface area contributed by atoms with Gasteiger partial charge in [0.25, 0.3) is 0 Å². The van der Waals surface area contributed by atoms with Gasteiger partial charge in [-0.3, -0.25) is 0 Å². The molecule has 1 nitrogen and oxygen atoms in total. The second-order valence-corrected chi connectivity index (χ2v) is 22.3. The van der Waals surface area contributed by atoms with Gasteiger partial charge in [-0.05, 0) is 47.5 Å². The van der Waals surface area contributed by atoms with E-state index in [1.165, 1.54) is 46.4 Å². The van der Waals surface area contributed by atoms with Gasteiger partial charge in [0.05, 0.1) is 0 Å². The molecule has 0 unspecified atom stereocenters. The van der Waals surface area contributed by atoms with E-state index in [4.69, 9.17) is 0 Å². The van der Waals surface area contributed by atoms with E-state index >= 15 is 0 Å². The van der Waals surface area contributed by atoms with Gasteiger partial charge >= 0.3 is 223 Å². The topological polar surface area (TPSA) is 3.24 Å². The molecule has 3 heteroatoms. The third-order valence-electron chi connectivity index (χ3n) is 10.9. The zero-order chi connectivity index (χ0) is 38.4. The molecule has 0 aliphatic carbocycles. The molecule has 0 radical (unpaired) electrons. The van der Waals surface area contributed by atoms with Crippen molar-refractivity contribution in [2.24, 2.45) is 0 Å². The van der Waals surface area contributed by atoms with E-state index < -0.39 is 13.3 Å². The Morgan fingerprint density at radius 2 is 0.491 bits per heavy atom. The molecule has 0 aliphatic rings. The third kappa shape index (κ3) is 7.24. The van der Waals surface area contributed by atoms with Crippen molar-refractivity contribution in [1.29, 1.82) is 0 Å². The van der Waals surface area contributed by atoms with Crippen LogP contribution in [0.1, 0.15) is 0 Å². The standard InChI is InChI=1S/C54H40FGeN/c55-47-31-39-54(40-32-47)57(52-35-27-45(28-36-52)41-13-5-1-6-14-41)53-37-29-46(30-38-53)43-23-21-42(22-24-43)44-25-33-51(34-26-44)56(48-15-7-2-8-16-48,49-17-9-3-10-18-49)50-19-11-4-12-20-50/h1-40H. The van der Waals surface area contributed by atoms with E-state index in [0.717, 1.165) is 33.8 Å². The quantitative estimate of drug-likeness (QED) is 0.125. The molecule has 9 rings (SSSR count). The molecule has 0 amide bonds. The first kappa shape index (κ1) is 35.9. The van der Waals surface area contributed by atoms with Crippen LogP contribution in [0.2, 0.25) is 0 Å². The van der Waals surface area contributed by atoms with Gasteiger partial charge < -0.3 is 4.90 Å². The fourth-order valence-electron chi connectivity index (χ4n) is 8.11. The Morgan fingerprint density at radius 1 is 0.246 bits per heavy atom. The van der Waals surface area contributed by atoms with E-state index in [0.29, 0.717) is 0 Å². The zero-order valence-corrected chi connectivity index (χ0v) is 33.5. The molecule has 9 aromatic carbocycles. The van der Waals surface area contributed by atoms with Crippen molar-refractivity contribution in [3.63, 3.8) is 0 Å². The average molecular weight is 795 g/mol. The van der Waals surface area contributed by atoms with Crippen LogP contribution >= 0.6 is 0 Å². The number of rotatable bonds is 10. The van der Waals surface area contributed by atoms with Crippen LogP contribution in [0.25, 0.3) is 33.4 Å². The summed E-state index contributed by atoms with van der Waals surface area (Å²) in [6, 6.07) is 85.7. The van der Waals surface area contributed by atoms with Crippen molar-refractivity contribution in [1.82, 2.24) is 0 Å². The maximum Gasteiger partial charge on any atom is -0.0242 e. The molecule has 9 aromatic rings. The predicted molar refractivity (Wildman–Crippen MR) is 241 cm³/mol. The Balaban J connectivity index is 1.01. The predicted octanol–water partition coefficient (Wildman–Crippen LogP) is 11.7. The molecule has 0 aromatic heterocycles. The maximum atomic E-state index is 14.0. The first-order valence-corrected chi connectivity index (χ1v) is 23.6.